The van der Waals surface area contributed by atoms with Gasteiger partial charge in [0.05, 0.1) is 12.4 Å². The summed E-state index contributed by atoms with van der Waals surface area (Å²) in [4.78, 5) is 16.4. The van der Waals surface area contributed by atoms with Crippen LogP contribution in [0.5, 0.6) is 0 Å². The largest absolute Gasteiger partial charge is 0.465 e. The quantitative estimate of drug-likeness (QED) is 0.791. The standard InChI is InChI=1S/C16H22N2O3/c19-16(6-5-14-3-1-11-20-14)18-9-7-17(8-10-18)13-15-4-2-12-21-15/h1,3,5-6,11,15H,2,4,7-10,12-13H2/b6-5+. The highest BCUT2D eigenvalue weighted by Gasteiger charge is 2.23. The summed E-state index contributed by atoms with van der Waals surface area (Å²) in [5.74, 6) is 0.767. The van der Waals surface area contributed by atoms with Gasteiger partial charge in [0.25, 0.3) is 0 Å². The molecule has 1 aromatic heterocycles. The Morgan fingerprint density at radius 3 is 2.86 bits per heavy atom. The van der Waals surface area contributed by atoms with Crippen LogP contribution in [0.2, 0.25) is 0 Å². The molecule has 2 aliphatic heterocycles. The van der Waals surface area contributed by atoms with Crippen LogP contribution in [0.1, 0.15) is 18.6 Å². The lowest BCUT2D eigenvalue weighted by Gasteiger charge is -2.35. The highest BCUT2D eigenvalue weighted by Crippen LogP contribution is 2.14. The molecule has 5 nitrogen and oxygen atoms in total. The number of carbonyl (C=O) groups excluding carboxylic acids is 1. The minimum Gasteiger partial charge on any atom is -0.465 e. The van der Waals surface area contributed by atoms with E-state index in [0.717, 1.165) is 39.3 Å². The van der Waals surface area contributed by atoms with E-state index in [1.165, 1.54) is 12.8 Å². The summed E-state index contributed by atoms with van der Waals surface area (Å²) in [6.07, 6.45) is 7.67. The number of carbonyl (C=O) groups is 1. The van der Waals surface area contributed by atoms with E-state index in [1.807, 2.05) is 17.0 Å². The van der Waals surface area contributed by atoms with Crippen molar-refractivity contribution in [3.63, 3.8) is 0 Å². The zero-order valence-corrected chi connectivity index (χ0v) is 12.2. The summed E-state index contributed by atoms with van der Waals surface area (Å²) in [7, 11) is 0. The molecule has 2 saturated heterocycles. The minimum absolute atomic E-state index is 0.0585. The van der Waals surface area contributed by atoms with Crippen molar-refractivity contribution in [3.05, 3.63) is 30.2 Å². The van der Waals surface area contributed by atoms with E-state index in [4.69, 9.17) is 9.15 Å². The number of nitrogens with zero attached hydrogens (tertiary/aromatic N) is 2. The molecule has 0 aromatic carbocycles. The molecule has 21 heavy (non-hydrogen) atoms. The minimum atomic E-state index is 0.0585. The van der Waals surface area contributed by atoms with Gasteiger partial charge in [-0.15, -0.1) is 0 Å². The normalized spacial score (nSPS) is 24.0. The maximum absolute atomic E-state index is 12.1. The van der Waals surface area contributed by atoms with Gasteiger partial charge in [-0.2, -0.15) is 0 Å². The Balaban J connectivity index is 1.43. The Bertz CT molecular complexity index is 470. The molecule has 0 aliphatic carbocycles. The van der Waals surface area contributed by atoms with Crippen molar-refractivity contribution in [2.45, 2.75) is 18.9 Å². The van der Waals surface area contributed by atoms with Crippen LogP contribution < -0.4 is 0 Å². The average Bonchev–Trinajstić information content (AvgIpc) is 3.19. The molecule has 0 saturated carbocycles. The zero-order valence-electron chi connectivity index (χ0n) is 12.2. The summed E-state index contributed by atoms with van der Waals surface area (Å²) in [6.45, 7) is 5.34. The van der Waals surface area contributed by atoms with Gasteiger partial charge in [0.2, 0.25) is 5.91 Å². The van der Waals surface area contributed by atoms with Crippen LogP contribution in [0.3, 0.4) is 0 Å². The lowest BCUT2D eigenvalue weighted by atomic mass is 10.2. The third-order valence-electron chi connectivity index (χ3n) is 4.10. The van der Waals surface area contributed by atoms with Gasteiger partial charge in [0.15, 0.2) is 0 Å². The summed E-state index contributed by atoms with van der Waals surface area (Å²) in [5.41, 5.74) is 0. The molecular formula is C16H22N2O3. The maximum Gasteiger partial charge on any atom is 0.246 e. The molecule has 0 spiro atoms. The highest BCUT2D eigenvalue weighted by molar-refractivity contribution is 5.91. The predicted octanol–water partition coefficient (Wildman–Crippen LogP) is 1.62. The molecule has 0 bridgehead atoms. The van der Waals surface area contributed by atoms with E-state index >= 15 is 0 Å². The Hall–Kier alpha value is -1.59. The lowest BCUT2D eigenvalue weighted by molar-refractivity contribution is -0.127. The van der Waals surface area contributed by atoms with Crippen LogP contribution in [0, 0.1) is 0 Å². The first-order valence-electron chi connectivity index (χ1n) is 7.66. The first-order valence-corrected chi connectivity index (χ1v) is 7.66. The van der Waals surface area contributed by atoms with E-state index in [-0.39, 0.29) is 5.91 Å². The molecule has 1 amide bonds. The predicted molar refractivity (Wildman–Crippen MR) is 79.7 cm³/mol. The third-order valence-corrected chi connectivity index (χ3v) is 4.10. The molecule has 2 aliphatic rings. The fraction of sp³-hybridized carbons (Fsp3) is 0.562. The first kappa shape index (κ1) is 14.4. The summed E-state index contributed by atoms with van der Waals surface area (Å²) >= 11 is 0. The summed E-state index contributed by atoms with van der Waals surface area (Å²) in [5, 5.41) is 0. The molecule has 1 aromatic rings. The van der Waals surface area contributed by atoms with Crippen molar-refractivity contribution in [1.82, 2.24) is 9.80 Å². The third kappa shape index (κ3) is 3.95. The van der Waals surface area contributed by atoms with E-state index < -0.39 is 0 Å². The number of piperazine rings is 1. The van der Waals surface area contributed by atoms with Gasteiger partial charge in [-0.25, -0.2) is 0 Å². The van der Waals surface area contributed by atoms with Gasteiger partial charge < -0.3 is 14.1 Å². The van der Waals surface area contributed by atoms with E-state index in [0.29, 0.717) is 11.9 Å². The molecule has 114 valence electrons. The Morgan fingerprint density at radius 1 is 1.33 bits per heavy atom. The number of furan rings is 1. The molecule has 2 fully saturated rings. The van der Waals surface area contributed by atoms with Gasteiger partial charge in [-0.1, -0.05) is 0 Å². The lowest BCUT2D eigenvalue weighted by Crippen LogP contribution is -2.50. The monoisotopic (exact) mass is 290 g/mol. The van der Waals surface area contributed by atoms with Gasteiger partial charge in [-0.05, 0) is 31.1 Å². The zero-order chi connectivity index (χ0) is 14.5. The Labute approximate surface area is 125 Å². The smallest absolute Gasteiger partial charge is 0.246 e. The molecule has 1 atom stereocenters. The number of hydrogen-bond donors (Lipinski definition) is 0. The second kappa shape index (κ2) is 6.91. The molecule has 3 heterocycles. The number of rotatable bonds is 4. The van der Waals surface area contributed by atoms with Crippen molar-refractivity contribution in [2.24, 2.45) is 0 Å². The molecule has 5 heteroatoms. The fourth-order valence-electron chi connectivity index (χ4n) is 2.87. The molecule has 0 radical (unpaired) electrons. The van der Waals surface area contributed by atoms with Gasteiger partial charge in [0, 0.05) is 45.4 Å². The van der Waals surface area contributed by atoms with Crippen LogP contribution in [-0.2, 0) is 9.53 Å². The molecule has 0 N–H and O–H groups in total. The van der Waals surface area contributed by atoms with Crippen LogP contribution in [0.4, 0.5) is 0 Å². The maximum atomic E-state index is 12.1. The van der Waals surface area contributed by atoms with Crippen molar-refractivity contribution in [1.29, 1.82) is 0 Å². The van der Waals surface area contributed by atoms with Gasteiger partial charge in [-0.3, -0.25) is 9.69 Å². The second-order valence-corrected chi connectivity index (χ2v) is 5.61. The number of amides is 1. The molecule has 1 unspecified atom stereocenters. The van der Waals surface area contributed by atoms with E-state index in [9.17, 15) is 4.79 Å². The van der Waals surface area contributed by atoms with Gasteiger partial charge >= 0.3 is 0 Å². The summed E-state index contributed by atoms with van der Waals surface area (Å²) < 4.78 is 10.8. The van der Waals surface area contributed by atoms with Crippen molar-refractivity contribution in [2.75, 3.05) is 39.3 Å². The van der Waals surface area contributed by atoms with Crippen LogP contribution in [0.15, 0.2) is 28.9 Å². The highest BCUT2D eigenvalue weighted by atomic mass is 16.5. The van der Waals surface area contributed by atoms with E-state index in [2.05, 4.69) is 4.90 Å². The second-order valence-electron chi connectivity index (χ2n) is 5.61. The first-order chi connectivity index (χ1) is 10.3. The Kier molecular flexibility index (Phi) is 4.72. The van der Waals surface area contributed by atoms with Crippen LogP contribution in [-0.4, -0.2) is 61.1 Å². The van der Waals surface area contributed by atoms with Crippen LogP contribution in [0.25, 0.3) is 6.08 Å². The average molecular weight is 290 g/mol. The fourth-order valence-corrected chi connectivity index (χ4v) is 2.87. The van der Waals surface area contributed by atoms with Gasteiger partial charge in [0.1, 0.15) is 5.76 Å². The number of ether oxygens (including phenoxy) is 1. The molecule has 3 rings (SSSR count). The Morgan fingerprint density at radius 2 is 2.19 bits per heavy atom. The summed E-state index contributed by atoms with van der Waals surface area (Å²) in [6, 6.07) is 3.65. The SMILES string of the molecule is O=C(/C=C/c1ccco1)N1CCN(CC2CCCO2)CC1. The van der Waals surface area contributed by atoms with Crippen molar-refractivity contribution >= 4 is 12.0 Å². The topological polar surface area (TPSA) is 45.9 Å². The van der Waals surface area contributed by atoms with E-state index in [1.54, 1.807) is 18.4 Å². The van der Waals surface area contributed by atoms with Crippen LogP contribution >= 0.6 is 0 Å². The van der Waals surface area contributed by atoms with Crippen molar-refractivity contribution < 1.29 is 13.9 Å². The van der Waals surface area contributed by atoms with Crippen molar-refractivity contribution in [3.8, 4) is 0 Å². The number of hydrogen-bond acceptors (Lipinski definition) is 4. The molecular weight excluding hydrogens is 268 g/mol.